The van der Waals surface area contributed by atoms with Crippen LogP contribution in [0.25, 0.3) is 88.9 Å². The Balaban J connectivity index is 1.40. The Morgan fingerprint density at radius 2 is 0.906 bits per heavy atom. The molecule has 0 unspecified atom stereocenters. The third kappa shape index (κ3) is 6.66. The van der Waals surface area contributed by atoms with Gasteiger partial charge in [0.25, 0.3) is 0 Å². The molecule has 0 bridgehead atoms. The summed E-state index contributed by atoms with van der Waals surface area (Å²) >= 11 is 0. The minimum Gasteiger partial charge on any atom is -0.308 e. The average molecular weight is 860 g/mol. The van der Waals surface area contributed by atoms with E-state index in [4.69, 9.17) is 0 Å². The molecule has 314 valence electrons. The van der Waals surface area contributed by atoms with Crippen LogP contribution in [0, 0.1) is 39.0 Å². The van der Waals surface area contributed by atoms with Gasteiger partial charge in [-0.1, -0.05) is 66.7 Å². The van der Waals surface area contributed by atoms with E-state index in [0.29, 0.717) is 85.0 Å². The number of rotatable bonds is 5. The third-order valence-corrected chi connectivity index (χ3v) is 11.2. The van der Waals surface area contributed by atoms with Crippen molar-refractivity contribution >= 4 is 43.6 Å². The molecular weight excluding hydrogens is 829 g/mol. The van der Waals surface area contributed by atoms with Gasteiger partial charge >= 0.3 is 12.4 Å². The van der Waals surface area contributed by atoms with Crippen LogP contribution in [0.1, 0.15) is 40.0 Å². The topological polar surface area (TPSA) is 111 Å². The number of nitrogens with zero attached hydrogens (tertiary/aromatic N) is 9. The van der Waals surface area contributed by atoms with Crippen molar-refractivity contribution in [2.45, 2.75) is 40.0 Å². The first kappa shape index (κ1) is 40.1. The van der Waals surface area contributed by atoms with Gasteiger partial charge in [0, 0.05) is 38.2 Å². The van der Waals surface area contributed by atoms with Crippen LogP contribution in [0.3, 0.4) is 0 Å². The largest absolute Gasteiger partial charge is 0.417 e. The van der Waals surface area contributed by atoms with Gasteiger partial charge in [0.05, 0.1) is 56.2 Å². The predicted molar refractivity (Wildman–Crippen MR) is 232 cm³/mol. The van der Waals surface area contributed by atoms with Crippen molar-refractivity contribution in [3.63, 3.8) is 0 Å². The Hall–Kier alpha value is -7.99. The highest BCUT2D eigenvalue weighted by molar-refractivity contribution is 6.13. The lowest BCUT2D eigenvalue weighted by molar-refractivity contribution is -0.142. The fraction of sp³-hybridized carbons (Fsp3) is 0.122. The molecular formula is C49H31F6N9. The highest BCUT2D eigenvalue weighted by Gasteiger charge is 2.40. The van der Waals surface area contributed by atoms with Crippen molar-refractivity contribution < 1.29 is 26.3 Å². The summed E-state index contributed by atoms with van der Waals surface area (Å²) in [6, 6.07) is 32.5. The Labute approximate surface area is 360 Å². The molecule has 0 saturated carbocycles. The van der Waals surface area contributed by atoms with Gasteiger partial charge in [-0.15, -0.1) is 0 Å². The number of para-hydroxylation sites is 2. The lowest BCUT2D eigenvalue weighted by Crippen LogP contribution is -2.14. The second kappa shape index (κ2) is 14.6. The van der Waals surface area contributed by atoms with Crippen molar-refractivity contribution in [2.75, 3.05) is 0 Å². The van der Waals surface area contributed by atoms with E-state index in [0.717, 1.165) is 16.8 Å². The van der Waals surface area contributed by atoms with E-state index in [-0.39, 0.29) is 28.6 Å². The number of fused-ring (bicyclic) bond motifs is 6. The minimum atomic E-state index is -5.26. The molecule has 0 fully saturated rings. The number of hydrogen-bond acceptors (Lipinski definition) is 7. The molecule has 0 aliphatic carbocycles. The Kier molecular flexibility index (Phi) is 9.12. The van der Waals surface area contributed by atoms with Crippen LogP contribution in [-0.4, -0.2) is 39.0 Å². The second-order valence-electron chi connectivity index (χ2n) is 15.4. The fourth-order valence-electron chi connectivity index (χ4n) is 8.71. The zero-order valence-corrected chi connectivity index (χ0v) is 34.3. The van der Waals surface area contributed by atoms with E-state index in [1.165, 1.54) is 12.1 Å². The van der Waals surface area contributed by atoms with Gasteiger partial charge in [-0.3, -0.25) is 0 Å². The van der Waals surface area contributed by atoms with Gasteiger partial charge in [-0.05, 0) is 81.8 Å². The maximum absolute atomic E-state index is 15.5. The van der Waals surface area contributed by atoms with Crippen LogP contribution in [0.4, 0.5) is 26.3 Å². The summed E-state index contributed by atoms with van der Waals surface area (Å²) < 4.78 is 93.1. The van der Waals surface area contributed by atoms with Crippen LogP contribution < -0.4 is 0 Å². The summed E-state index contributed by atoms with van der Waals surface area (Å²) in [6.07, 6.45) is -10.3. The average Bonchev–Trinajstić information content (AvgIpc) is 3.76. The number of benzene rings is 6. The lowest BCUT2D eigenvalue weighted by atomic mass is 9.92. The van der Waals surface area contributed by atoms with Gasteiger partial charge in [0.2, 0.25) is 0 Å². The van der Waals surface area contributed by atoms with Crippen LogP contribution in [0.5, 0.6) is 0 Å². The molecule has 0 spiro atoms. The molecule has 10 aromatic rings. The number of aryl methyl sites for hydroxylation is 4. The third-order valence-electron chi connectivity index (χ3n) is 11.2. The zero-order chi connectivity index (χ0) is 44.8. The summed E-state index contributed by atoms with van der Waals surface area (Å²) in [7, 11) is 0. The van der Waals surface area contributed by atoms with E-state index in [2.05, 4.69) is 36.0 Å². The van der Waals surface area contributed by atoms with E-state index in [9.17, 15) is 18.4 Å². The number of halogens is 6. The second-order valence-corrected chi connectivity index (χ2v) is 15.4. The number of nitriles is 1. The highest BCUT2D eigenvalue weighted by atomic mass is 19.4. The summed E-state index contributed by atoms with van der Waals surface area (Å²) in [5.41, 5.74) is 0.00453. The molecule has 0 N–H and O–H groups in total. The van der Waals surface area contributed by atoms with Crippen molar-refractivity contribution in [1.82, 2.24) is 39.0 Å². The fourth-order valence-corrected chi connectivity index (χ4v) is 8.71. The molecule has 15 heteroatoms. The summed E-state index contributed by atoms with van der Waals surface area (Å²) in [6.45, 7) is 6.95. The maximum atomic E-state index is 15.5. The molecule has 64 heavy (non-hydrogen) atoms. The molecule has 0 aliphatic rings. The normalized spacial score (nSPS) is 12.2. The Bertz CT molecular complexity index is 3380. The molecule has 0 atom stereocenters. The molecule has 0 aliphatic heterocycles. The number of hydrogen-bond donors (Lipinski definition) is 0. The Morgan fingerprint density at radius 1 is 0.469 bits per heavy atom. The molecule has 0 radical (unpaired) electrons. The standard InChI is InChI=1S/C49H31F6N9/c1-25-57-26(2)60-46(59-25)30-13-16-35-33-9-5-7-11-39(33)63(41(35)21-30)43-19-29(24-56)20-44(45(43)37-18-15-32(48(50,51)52)23-38(37)49(53,54)55)64-40-12-8-6-10-34(40)36-17-14-31(22-42(36)64)47-61-27(3)58-28(4)62-47/h5-23H,1-4H3. The van der Waals surface area contributed by atoms with Crippen molar-refractivity contribution in [3.8, 4) is 51.3 Å². The number of aromatic nitrogens is 8. The van der Waals surface area contributed by atoms with Gasteiger partial charge in [-0.25, -0.2) is 29.9 Å². The van der Waals surface area contributed by atoms with Crippen molar-refractivity contribution in [2.24, 2.45) is 0 Å². The molecule has 10 rings (SSSR count). The quantitative estimate of drug-likeness (QED) is 0.158. The van der Waals surface area contributed by atoms with Gasteiger partial charge in [0.15, 0.2) is 11.6 Å². The van der Waals surface area contributed by atoms with Crippen molar-refractivity contribution in [1.29, 1.82) is 5.26 Å². The van der Waals surface area contributed by atoms with Crippen LogP contribution >= 0.6 is 0 Å². The smallest absolute Gasteiger partial charge is 0.308 e. The number of alkyl halides is 6. The molecule has 4 aromatic heterocycles. The molecule has 0 saturated heterocycles. The predicted octanol–water partition coefficient (Wildman–Crippen LogP) is 12.4. The van der Waals surface area contributed by atoms with E-state index < -0.39 is 29.0 Å². The zero-order valence-electron chi connectivity index (χ0n) is 34.3. The van der Waals surface area contributed by atoms with Crippen LogP contribution in [0.2, 0.25) is 0 Å². The van der Waals surface area contributed by atoms with E-state index in [1.807, 2.05) is 60.7 Å². The minimum absolute atomic E-state index is 0.0748. The Morgan fingerprint density at radius 3 is 1.33 bits per heavy atom. The van der Waals surface area contributed by atoms with Crippen LogP contribution in [-0.2, 0) is 12.4 Å². The first-order valence-electron chi connectivity index (χ1n) is 19.9. The highest BCUT2D eigenvalue weighted by Crippen LogP contribution is 2.48. The van der Waals surface area contributed by atoms with Crippen LogP contribution in [0.15, 0.2) is 115 Å². The van der Waals surface area contributed by atoms with E-state index >= 15 is 13.2 Å². The summed E-state index contributed by atoms with van der Waals surface area (Å²) in [5.74, 6) is 2.65. The lowest BCUT2D eigenvalue weighted by Gasteiger charge is -2.24. The first-order valence-corrected chi connectivity index (χ1v) is 19.9. The van der Waals surface area contributed by atoms with E-state index in [1.54, 1.807) is 61.1 Å². The summed E-state index contributed by atoms with van der Waals surface area (Å²) in [4.78, 5) is 26.9. The van der Waals surface area contributed by atoms with Crippen molar-refractivity contribution in [3.05, 3.63) is 155 Å². The molecule has 6 aromatic carbocycles. The van der Waals surface area contributed by atoms with Gasteiger partial charge < -0.3 is 9.13 Å². The SMILES string of the molecule is Cc1nc(C)nc(-c2ccc3c4ccccc4n(-c4cc(C#N)cc(-n5c6ccccc6c6ccc(-c7nc(C)nc(C)n7)cc65)c4-c4ccc(C(F)(F)F)cc4C(F)(F)F)c3c2)n1. The summed E-state index contributed by atoms with van der Waals surface area (Å²) in [5, 5.41) is 13.7. The molecule has 0 amide bonds. The van der Waals surface area contributed by atoms with Gasteiger partial charge in [-0.2, -0.15) is 31.6 Å². The maximum Gasteiger partial charge on any atom is 0.417 e. The molecule has 9 nitrogen and oxygen atoms in total. The molecule has 4 heterocycles. The van der Waals surface area contributed by atoms with Gasteiger partial charge in [0.1, 0.15) is 23.3 Å². The first-order chi connectivity index (χ1) is 30.6. The monoisotopic (exact) mass is 859 g/mol.